The fourth-order valence-corrected chi connectivity index (χ4v) is 3.58. The van der Waals surface area contributed by atoms with Crippen LogP contribution in [0.3, 0.4) is 0 Å². The van der Waals surface area contributed by atoms with Gasteiger partial charge in [-0.1, -0.05) is 30.3 Å². The molecule has 0 N–H and O–H groups in total. The maximum atomic E-state index is 11.1. The van der Waals surface area contributed by atoms with Crippen molar-refractivity contribution < 1.29 is 9.66 Å². The lowest BCUT2D eigenvalue weighted by Gasteiger charge is -2.19. The summed E-state index contributed by atoms with van der Waals surface area (Å²) in [5, 5.41) is 13.1. The highest BCUT2D eigenvalue weighted by Crippen LogP contribution is 2.31. The van der Waals surface area contributed by atoms with Gasteiger partial charge in [-0.05, 0) is 34.4 Å². The van der Waals surface area contributed by atoms with Gasteiger partial charge < -0.3 is 14.9 Å². The van der Waals surface area contributed by atoms with Crippen LogP contribution in [0.4, 0.5) is 5.82 Å². The lowest BCUT2D eigenvalue weighted by Crippen LogP contribution is -2.14. The predicted octanol–water partition coefficient (Wildman–Crippen LogP) is 4.28. The molecule has 0 radical (unpaired) electrons. The molecule has 7 heteroatoms. The number of thiophene rings is 1. The van der Waals surface area contributed by atoms with E-state index in [0.717, 1.165) is 16.0 Å². The van der Waals surface area contributed by atoms with Crippen LogP contribution in [0.15, 0.2) is 48.0 Å². The fourth-order valence-electron chi connectivity index (χ4n) is 2.79. The third-order valence-electron chi connectivity index (χ3n) is 4.09. The van der Waals surface area contributed by atoms with Gasteiger partial charge in [0.15, 0.2) is 5.82 Å². The van der Waals surface area contributed by atoms with E-state index in [1.54, 1.807) is 22.8 Å². The Morgan fingerprint density at radius 3 is 2.76 bits per heavy atom. The molecule has 1 unspecified atom stereocenters. The Morgan fingerprint density at radius 1 is 1.28 bits per heavy atom. The zero-order chi connectivity index (χ0) is 17.8. The van der Waals surface area contributed by atoms with Gasteiger partial charge in [-0.2, -0.15) is 0 Å². The number of nitro groups is 1. The van der Waals surface area contributed by atoms with Gasteiger partial charge in [-0.3, -0.25) is 0 Å². The van der Waals surface area contributed by atoms with Gasteiger partial charge in [0.1, 0.15) is 18.8 Å². The molecule has 2 aromatic heterocycles. The summed E-state index contributed by atoms with van der Waals surface area (Å²) in [6, 6.07) is 12.2. The van der Waals surface area contributed by atoms with E-state index in [0.29, 0.717) is 19.0 Å². The summed E-state index contributed by atoms with van der Waals surface area (Å²) >= 11 is 1.64. The van der Waals surface area contributed by atoms with Gasteiger partial charge in [0.25, 0.3) is 0 Å². The number of ether oxygens (including phenoxy) is 1. The van der Waals surface area contributed by atoms with Crippen LogP contribution in [0.1, 0.15) is 27.9 Å². The van der Waals surface area contributed by atoms with Crippen LogP contribution in [0.5, 0.6) is 0 Å². The van der Waals surface area contributed by atoms with E-state index < -0.39 is 4.92 Å². The highest BCUT2D eigenvalue weighted by Gasteiger charge is 2.20. The summed E-state index contributed by atoms with van der Waals surface area (Å²) in [4.78, 5) is 15.8. The smallest absolute Gasteiger partial charge is 0.342 e. The minimum Gasteiger partial charge on any atom is -0.364 e. The van der Waals surface area contributed by atoms with E-state index in [2.05, 4.69) is 24.0 Å². The number of hydrogen-bond acceptors (Lipinski definition) is 5. The largest absolute Gasteiger partial charge is 0.364 e. The molecule has 0 aliphatic carbocycles. The number of benzene rings is 1. The zero-order valence-corrected chi connectivity index (χ0v) is 14.9. The van der Waals surface area contributed by atoms with Gasteiger partial charge in [-0.25, -0.2) is 9.55 Å². The molecule has 1 atom stereocenters. The quantitative estimate of drug-likeness (QED) is 0.467. The molecule has 0 saturated heterocycles. The first-order valence-electron chi connectivity index (χ1n) is 7.95. The number of rotatable bonds is 7. The molecule has 0 spiro atoms. The van der Waals surface area contributed by atoms with Gasteiger partial charge in [0.2, 0.25) is 0 Å². The minimum atomic E-state index is -0.419. The first-order valence-corrected chi connectivity index (χ1v) is 8.83. The molecular formula is C18H19N3O3S. The molecule has 25 heavy (non-hydrogen) atoms. The monoisotopic (exact) mass is 357 g/mol. The fraction of sp³-hybridized carbons (Fsp3) is 0.278. The van der Waals surface area contributed by atoms with E-state index in [4.69, 9.17) is 4.74 Å². The number of imidazole rings is 1. The predicted molar refractivity (Wildman–Crippen MR) is 96.9 cm³/mol. The van der Waals surface area contributed by atoms with Crippen LogP contribution in [0.2, 0.25) is 0 Å². The van der Waals surface area contributed by atoms with Crippen molar-refractivity contribution in [3.05, 3.63) is 79.9 Å². The molecule has 2 heterocycles. The summed E-state index contributed by atoms with van der Waals surface area (Å²) in [5.74, 6) is 0.600. The van der Waals surface area contributed by atoms with Gasteiger partial charge >= 0.3 is 5.82 Å². The van der Waals surface area contributed by atoms with Crippen molar-refractivity contribution in [2.24, 2.45) is 0 Å². The Bertz CT molecular complexity index is 858. The second-order valence-electron chi connectivity index (χ2n) is 5.70. The molecule has 0 amide bonds. The maximum Gasteiger partial charge on any atom is 0.342 e. The van der Waals surface area contributed by atoms with Crippen molar-refractivity contribution >= 4 is 17.2 Å². The van der Waals surface area contributed by atoms with E-state index in [1.165, 1.54) is 6.20 Å². The Balaban J connectivity index is 1.78. The second kappa shape index (κ2) is 7.58. The average Bonchev–Trinajstić information content (AvgIpc) is 3.23. The van der Waals surface area contributed by atoms with Crippen molar-refractivity contribution in [3.8, 4) is 0 Å². The van der Waals surface area contributed by atoms with Crippen molar-refractivity contribution in [3.63, 3.8) is 0 Å². The Kier molecular flexibility index (Phi) is 5.25. The lowest BCUT2D eigenvalue weighted by molar-refractivity contribution is -0.392. The number of aryl methyl sites for hydroxylation is 2. The Labute approximate surface area is 149 Å². The van der Waals surface area contributed by atoms with Crippen molar-refractivity contribution in [2.45, 2.75) is 26.5 Å². The lowest BCUT2D eigenvalue weighted by atomic mass is 10.0. The molecule has 3 aromatic rings. The average molecular weight is 357 g/mol. The molecule has 3 rings (SSSR count). The van der Waals surface area contributed by atoms with Gasteiger partial charge in [-0.15, -0.1) is 11.3 Å². The van der Waals surface area contributed by atoms with Crippen LogP contribution in [0, 0.1) is 24.0 Å². The Hall–Kier alpha value is -2.51. The summed E-state index contributed by atoms with van der Waals surface area (Å²) in [6.45, 7) is 4.56. The minimum absolute atomic E-state index is 0.00957. The normalized spacial score (nSPS) is 12.2. The van der Waals surface area contributed by atoms with E-state index in [-0.39, 0.29) is 11.9 Å². The molecule has 0 saturated carbocycles. The van der Waals surface area contributed by atoms with Crippen LogP contribution in [-0.4, -0.2) is 21.1 Å². The summed E-state index contributed by atoms with van der Waals surface area (Å²) in [6.07, 6.45) is 1.11. The van der Waals surface area contributed by atoms with E-state index in [9.17, 15) is 10.1 Å². The summed E-state index contributed by atoms with van der Waals surface area (Å²) < 4.78 is 7.73. The summed E-state index contributed by atoms with van der Waals surface area (Å²) in [7, 11) is 0. The van der Waals surface area contributed by atoms with Crippen LogP contribution in [-0.2, 0) is 11.3 Å². The molecular weight excluding hydrogens is 338 g/mol. The third-order valence-corrected chi connectivity index (χ3v) is 5.01. The van der Waals surface area contributed by atoms with Gasteiger partial charge in [0.05, 0.1) is 6.61 Å². The Morgan fingerprint density at radius 2 is 2.08 bits per heavy atom. The molecule has 0 aliphatic rings. The third kappa shape index (κ3) is 3.78. The number of nitrogens with zero attached hydrogens (tertiary/aromatic N) is 3. The summed E-state index contributed by atoms with van der Waals surface area (Å²) in [5.41, 5.74) is 2.27. The van der Waals surface area contributed by atoms with Gasteiger partial charge in [0, 0.05) is 11.8 Å². The van der Waals surface area contributed by atoms with E-state index in [1.807, 2.05) is 29.6 Å². The second-order valence-corrected chi connectivity index (χ2v) is 6.67. The van der Waals surface area contributed by atoms with E-state index >= 15 is 0 Å². The first-order chi connectivity index (χ1) is 12.1. The van der Waals surface area contributed by atoms with Crippen LogP contribution < -0.4 is 0 Å². The SMILES string of the molecule is Cc1ccccc1C(OCCn1c([N+](=O)[O-])cnc1C)c1cccs1. The van der Waals surface area contributed by atoms with Crippen molar-refractivity contribution in [1.29, 1.82) is 0 Å². The van der Waals surface area contributed by atoms with Crippen molar-refractivity contribution in [2.75, 3.05) is 6.61 Å². The molecule has 0 aliphatic heterocycles. The molecule has 0 bridgehead atoms. The molecule has 1 aromatic carbocycles. The zero-order valence-electron chi connectivity index (χ0n) is 14.1. The van der Waals surface area contributed by atoms with Crippen molar-refractivity contribution in [1.82, 2.24) is 9.55 Å². The van der Waals surface area contributed by atoms with Crippen LogP contribution >= 0.6 is 11.3 Å². The number of hydrogen-bond donors (Lipinski definition) is 0. The molecule has 6 nitrogen and oxygen atoms in total. The number of aromatic nitrogens is 2. The highest BCUT2D eigenvalue weighted by atomic mass is 32.1. The molecule has 0 fully saturated rings. The molecule has 130 valence electrons. The highest BCUT2D eigenvalue weighted by molar-refractivity contribution is 7.10. The first kappa shape index (κ1) is 17.3. The topological polar surface area (TPSA) is 70.2 Å². The standard InChI is InChI=1S/C18H19N3O3S/c1-13-6-3-4-7-15(13)18(16-8-5-11-25-16)24-10-9-20-14(2)19-12-17(20)21(22)23/h3-8,11-12,18H,9-10H2,1-2H3. The van der Waals surface area contributed by atoms with Crippen LogP contribution in [0.25, 0.3) is 0 Å². The maximum absolute atomic E-state index is 11.1.